The fourth-order valence-electron chi connectivity index (χ4n) is 2.48. The Hall–Kier alpha value is -3.14. The number of nitrogens with one attached hydrogen (secondary N) is 1. The van der Waals surface area contributed by atoms with Crippen molar-refractivity contribution in [3.63, 3.8) is 0 Å². The number of hydrogen-bond donors (Lipinski definition) is 1. The van der Waals surface area contributed by atoms with Crippen LogP contribution in [-0.2, 0) is 6.61 Å². The fourth-order valence-corrected chi connectivity index (χ4v) is 2.48. The summed E-state index contributed by atoms with van der Waals surface area (Å²) < 4.78 is 5.78. The van der Waals surface area contributed by atoms with Gasteiger partial charge in [0.2, 0.25) is 0 Å². The van der Waals surface area contributed by atoms with Gasteiger partial charge in [0.1, 0.15) is 12.4 Å². The highest BCUT2D eigenvalue weighted by molar-refractivity contribution is 5.94. The number of amides is 1. The second kappa shape index (κ2) is 8.11. The molecular formula is C21H20N2O2. The Bertz CT molecular complexity index is 820. The molecule has 0 aliphatic rings. The van der Waals surface area contributed by atoms with Crippen molar-refractivity contribution < 1.29 is 9.53 Å². The summed E-state index contributed by atoms with van der Waals surface area (Å²) in [5.74, 6) is 0.544. The highest BCUT2D eigenvalue weighted by Crippen LogP contribution is 2.17. The van der Waals surface area contributed by atoms with Crippen LogP contribution in [0.3, 0.4) is 0 Å². The van der Waals surface area contributed by atoms with E-state index in [0.717, 1.165) is 11.1 Å². The summed E-state index contributed by atoms with van der Waals surface area (Å²) in [6.07, 6.45) is 3.44. The predicted octanol–water partition coefficient (Wildman–Crippen LogP) is 4.15. The Labute approximate surface area is 147 Å². The molecule has 0 fully saturated rings. The van der Waals surface area contributed by atoms with E-state index < -0.39 is 0 Å². The fraction of sp³-hybridized carbons (Fsp3) is 0.143. The quantitative estimate of drug-likeness (QED) is 0.738. The standard InChI is InChI=1S/C21H20N2O2/c1-16(18-10-12-22-13-11-18)23-21(24)19-8-5-9-20(14-19)25-15-17-6-3-2-4-7-17/h2-14,16H,15H2,1H3,(H,23,24). The van der Waals surface area contributed by atoms with Crippen molar-refractivity contribution in [2.24, 2.45) is 0 Å². The van der Waals surface area contributed by atoms with Gasteiger partial charge in [-0.05, 0) is 48.4 Å². The van der Waals surface area contributed by atoms with Crippen molar-refractivity contribution >= 4 is 5.91 Å². The van der Waals surface area contributed by atoms with E-state index >= 15 is 0 Å². The summed E-state index contributed by atoms with van der Waals surface area (Å²) in [5, 5.41) is 2.99. The lowest BCUT2D eigenvalue weighted by molar-refractivity contribution is 0.0939. The molecule has 1 unspecified atom stereocenters. The first kappa shape index (κ1) is 16.7. The second-order valence-corrected chi connectivity index (χ2v) is 5.78. The molecule has 0 radical (unpaired) electrons. The average Bonchev–Trinajstić information content (AvgIpc) is 2.68. The SMILES string of the molecule is CC(NC(=O)c1cccc(OCc2ccccc2)c1)c1ccncc1. The molecule has 0 saturated heterocycles. The van der Waals surface area contributed by atoms with Crippen LogP contribution in [0.1, 0.15) is 34.5 Å². The van der Waals surface area contributed by atoms with Gasteiger partial charge < -0.3 is 10.1 Å². The van der Waals surface area contributed by atoms with E-state index in [1.165, 1.54) is 0 Å². The number of pyridine rings is 1. The molecule has 2 aromatic carbocycles. The van der Waals surface area contributed by atoms with Crippen LogP contribution in [0.25, 0.3) is 0 Å². The number of ether oxygens (including phenoxy) is 1. The van der Waals surface area contributed by atoms with Crippen molar-refractivity contribution in [3.05, 3.63) is 95.8 Å². The van der Waals surface area contributed by atoms with Gasteiger partial charge in [-0.2, -0.15) is 0 Å². The molecule has 1 atom stereocenters. The molecule has 126 valence electrons. The van der Waals surface area contributed by atoms with Gasteiger partial charge in [-0.15, -0.1) is 0 Å². The molecule has 0 aliphatic heterocycles. The molecule has 3 aromatic rings. The minimum Gasteiger partial charge on any atom is -0.489 e. The van der Waals surface area contributed by atoms with Gasteiger partial charge in [0.25, 0.3) is 5.91 Å². The van der Waals surface area contributed by atoms with E-state index in [1.54, 1.807) is 24.5 Å². The summed E-state index contributed by atoms with van der Waals surface area (Å²) in [5.41, 5.74) is 2.68. The van der Waals surface area contributed by atoms with Crippen LogP contribution >= 0.6 is 0 Å². The lowest BCUT2D eigenvalue weighted by atomic mass is 10.1. The monoisotopic (exact) mass is 332 g/mol. The van der Waals surface area contributed by atoms with Crippen molar-refractivity contribution in [3.8, 4) is 5.75 Å². The highest BCUT2D eigenvalue weighted by atomic mass is 16.5. The predicted molar refractivity (Wildman–Crippen MR) is 97.3 cm³/mol. The largest absolute Gasteiger partial charge is 0.489 e. The molecule has 0 aliphatic carbocycles. The third-order valence-electron chi connectivity index (χ3n) is 3.90. The van der Waals surface area contributed by atoms with Crippen LogP contribution in [0, 0.1) is 0 Å². The molecule has 1 amide bonds. The van der Waals surface area contributed by atoms with Crippen molar-refractivity contribution in [1.29, 1.82) is 0 Å². The molecule has 4 nitrogen and oxygen atoms in total. The number of aromatic nitrogens is 1. The molecule has 1 N–H and O–H groups in total. The van der Waals surface area contributed by atoms with Gasteiger partial charge in [-0.3, -0.25) is 9.78 Å². The van der Waals surface area contributed by atoms with E-state index in [1.807, 2.05) is 61.5 Å². The highest BCUT2D eigenvalue weighted by Gasteiger charge is 2.12. The van der Waals surface area contributed by atoms with Crippen LogP contribution in [0.4, 0.5) is 0 Å². The van der Waals surface area contributed by atoms with Crippen molar-refractivity contribution in [2.45, 2.75) is 19.6 Å². The van der Waals surface area contributed by atoms with E-state index in [9.17, 15) is 4.79 Å². The lowest BCUT2D eigenvalue weighted by Gasteiger charge is -2.14. The zero-order chi connectivity index (χ0) is 17.5. The maximum absolute atomic E-state index is 12.5. The van der Waals surface area contributed by atoms with Crippen LogP contribution < -0.4 is 10.1 Å². The van der Waals surface area contributed by atoms with Crippen LogP contribution in [0.2, 0.25) is 0 Å². The molecule has 0 bridgehead atoms. The van der Waals surface area contributed by atoms with Gasteiger partial charge in [-0.25, -0.2) is 0 Å². The number of carbonyl (C=O) groups is 1. The summed E-state index contributed by atoms with van der Waals surface area (Å²) in [7, 11) is 0. The molecule has 1 aromatic heterocycles. The van der Waals surface area contributed by atoms with Crippen LogP contribution in [0.15, 0.2) is 79.1 Å². The normalized spacial score (nSPS) is 11.6. The average molecular weight is 332 g/mol. The molecule has 3 rings (SSSR count). The molecule has 0 saturated carbocycles. The Morgan fingerprint density at radius 2 is 1.80 bits per heavy atom. The lowest BCUT2D eigenvalue weighted by Crippen LogP contribution is -2.26. The zero-order valence-electron chi connectivity index (χ0n) is 14.1. The number of nitrogens with zero attached hydrogens (tertiary/aromatic N) is 1. The minimum absolute atomic E-state index is 0.0932. The zero-order valence-corrected chi connectivity index (χ0v) is 14.1. The Morgan fingerprint density at radius 1 is 1.04 bits per heavy atom. The van der Waals surface area contributed by atoms with Gasteiger partial charge in [-0.1, -0.05) is 36.4 Å². The van der Waals surface area contributed by atoms with Gasteiger partial charge >= 0.3 is 0 Å². The van der Waals surface area contributed by atoms with E-state index in [0.29, 0.717) is 17.9 Å². The first-order valence-corrected chi connectivity index (χ1v) is 8.20. The number of carbonyl (C=O) groups excluding carboxylic acids is 1. The van der Waals surface area contributed by atoms with Crippen molar-refractivity contribution in [1.82, 2.24) is 10.3 Å². The topological polar surface area (TPSA) is 51.2 Å². The van der Waals surface area contributed by atoms with Gasteiger partial charge in [0, 0.05) is 18.0 Å². The number of benzene rings is 2. The first-order chi connectivity index (χ1) is 12.2. The maximum atomic E-state index is 12.5. The number of hydrogen-bond acceptors (Lipinski definition) is 3. The van der Waals surface area contributed by atoms with Gasteiger partial charge in [0.15, 0.2) is 0 Å². The number of rotatable bonds is 6. The molecular weight excluding hydrogens is 312 g/mol. The molecule has 4 heteroatoms. The van der Waals surface area contributed by atoms with Crippen LogP contribution in [-0.4, -0.2) is 10.9 Å². The molecule has 25 heavy (non-hydrogen) atoms. The minimum atomic E-state index is -0.130. The third kappa shape index (κ3) is 4.67. The Balaban J connectivity index is 1.63. The Kier molecular flexibility index (Phi) is 5.42. The summed E-state index contributed by atoms with van der Waals surface area (Å²) in [6, 6.07) is 20.9. The van der Waals surface area contributed by atoms with E-state index in [2.05, 4.69) is 10.3 Å². The summed E-state index contributed by atoms with van der Waals surface area (Å²) in [6.45, 7) is 2.42. The maximum Gasteiger partial charge on any atom is 0.251 e. The van der Waals surface area contributed by atoms with Gasteiger partial charge in [0.05, 0.1) is 6.04 Å². The third-order valence-corrected chi connectivity index (χ3v) is 3.90. The first-order valence-electron chi connectivity index (χ1n) is 8.20. The Morgan fingerprint density at radius 3 is 2.56 bits per heavy atom. The van der Waals surface area contributed by atoms with E-state index in [4.69, 9.17) is 4.74 Å². The van der Waals surface area contributed by atoms with Crippen molar-refractivity contribution in [2.75, 3.05) is 0 Å². The summed E-state index contributed by atoms with van der Waals surface area (Å²) >= 11 is 0. The second-order valence-electron chi connectivity index (χ2n) is 5.78. The van der Waals surface area contributed by atoms with E-state index in [-0.39, 0.29) is 11.9 Å². The summed E-state index contributed by atoms with van der Waals surface area (Å²) in [4.78, 5) is 16.5. The molecule has 1 heterocycles. The van der Waals surface area contributed by atoms with Crippen LogP contribution in [0.5, 0.6) is 5.75 Å². The molecule has 0 spiro atoms. The smallest absolute Gasteiger partial charge is 0.251 e.